The molecule has 6 nitrogen and oxygen atoms in total. The van der Waals surface area contributed by atoms with E-state index in [4.69, 9.17) is 4.74 Å². The molecule has 0 aromatic heterocycles. The minimum absolute atomic E-state index is 0.133. The number of methoxy groups -OCH3 is 1. The lowest BCUT2D eigenvalue weighted by Crippen LogP contribution is -2.43. The van der Waals surface area contributed by atoms with Gasteiger partial charge in [0.1, 0.15) is 12.3 Å². The van der Waals surface area contributed by atoms with Crippen LogP contribution in [0.15, 0.2) is 47.4 Å². The van der Waals surface area contributed by atoms with Gasteiger partial charge in [-0.2, -0.15) is 0 Å². The number of rotatable bonds is 8. The Hall–Kier alpha value is -2.54. The van der Waals surface area contributed by atoms with Crippen molar-refractivity contribution >= 4 is 21.6 Å². The summed E-state index contributed by atoms with van der Waals surface area (Å²) in [5.41, 5.74) is 2.18. The van der Waals surface area contributed by atoms with Crippen LogP contribution in [0.25, 0.3) is 0 Å². The van der Waals surface area contributed by atoms with Crippen LogP contribution >= 0.6 is 0 Å². The number of likely N-dealkylation sites (N-methyl/N-ethyl adjacent to an activating group) is 1. The van der Waals surface area contributed by atoms with Crippen molar-refractivity contribution in [1.82, 2.24) is 4.90 Å². The number of sulfonamides is 1. The highest BCUT2D eigenvalue weighted by molar-refractivity contribution is 7.92. The summed E-state index contributed by atoms with van der Waals surface area (Å²) in [6.07, 6.45) is 0. The predicted molar refractivity (Wildman–Crippen MR) is 111 cm³/mol. The summed E-state index contributed by atoms with van der Waals surface area (Å²) in [6, 6.07) is 11.9. The van der Waals surface area contributed by atoms with Gasteiger partial charge >= 0.3 is 0 Å². The van der Waals surface area contributed by atoms with E-state index in [2.05, 4.69) is 0 Å². The van der Waals surface area contributed by atoms with Gasteiger partial charge < -0.3 is 9.64 Å². The fourth-order valence-corrected chi connectivity index (χ4v) is 4.35. The highest BCUT2D eigenvalue weighted by Crippen LogP contribution is 2.33. The first-order valence-electron chi connectivity index (χ1n) is 9.26. The Labute approximate surface area is 167 Å². The number of carbonyl (C=O) groups excluding carboxylic acids is 1. The summed E-state index contributed by atoms with van der Waals surface area (Å²) in [4.78, 5) is 14.5. The summed E-state index contributed by atoms with van der Waals surface area (Å²) >= 11 is 0. The van der Waals surface area contributed by atoms with Gasteiger partial charge in [-0.1, -0.05) is 23.8 Å². The van der Waals surface area contributed by atoms with Crippen LogP contribution in [-0.2, 0) is 14.8 Å². The number of nitrogens with zero attached hydrogens (tertiary/aromatic N) is 2. The second-order valence-corrected chi connectivity index (χ2v) is 8.43. The van der Waals surface area contributed by atoms with Crippen LogP contribution in [0.4, 0.5) is 5.69 Å². The molecule has 0 aliphatic heterocycles. The SMILES string of the molecule is CCN(CC)C(=O)CN(c1cc(C)ccc1OC)S(=O)(=O)c1ccc(C)cc1. The van der Waals surface area contributed by atoms with E-state index in [0.717, 1.165) is 15.4 Å². The molecular formula is C21H28N2O4S. The molecule has 0 saturated heterocycles. The van der Waals surface area contributed by atoms with E-state index in [1.165, 1.54) is 7.11 Å². The smallest absolute Gasteiger partial charge is 0.264 e. The minimum atomic E-state index is -3.96. The first-order chi connectivity index (χ1) is 13.2. The van der Waals surface area contributed by atoms with Crippen molar-refractivity contribution in [3.63, 3.8) is 0 Å². The normalized spacial score (nSPS) is 11.2. The summed E-state index contributed by atoms with van der Waals surface area (Å²) in [5, 5.41) is 0. The van der Waals surface area contributed by atoms with E-state index in [1.54, 1.807) is 41.3 Å². The van der Waals surface area contributed by atoms with Gasteiger partial charge in [0.15, 0.2) is 0 Å². The van der Waals surface area contributed by atoms with E-state index in [0.29, 0.717) is 24.5 Å². The first kappa shape index (κ1) is 21.8. The molecular weight excluding hydrogens is 376 g/mol. The fourth-order valence-electron chi connectivity index (χ4n) is 2.93. The van der Waals surface area contributed by atoms with E-state index < -0.39 is 10.0 Å². The number of hydrogen-bond acceptors (Lipinski definition) is 4. The Morgan fingerprint density at radius 2 is 1.54 bits per heavy atom. The number of aryl methyl sites for hydroxylation is 2. The van der Waals surface area contributed by atoms with Crippen LogP contribution in [0, 0.1) is 13.8 Å². The summed E-state index contributed by atoms with van der Waals surface area (Å²) < 4.78 is 33.5. The van der Waals surface area contributed by atoms with Gasteiger partial charge in [-0.3, -0.25) is 9.10 Å². The molecule has 1 amide bonds. The largest absolute Gasteiger partial charge is 0.495 e. The van der Waals surface area contributed by atoms with Crippen molar-refractivity contribution < 1.29 is 17.9 Å². The number of carbonyl (C=O) groups is 1. The molecule has 0 spiro atoms. The monoisotopic (exact) mass is 404 g/mol. The highest BCUT2D eigenvalue weighted by atomic mass is 32.2. The molecule has 152 valence electrons. The standard InChI is InChI=1S/C21H28N2O4S/c1-6-22(7-2)21(24)15-23(19-14-17(4)10-13-20(19)27-5)28(25,26)18-11-8-16(3)9-12-18/h8-14H,6-7,15H2,1-5H3. The molecule has 0 heterocycles. The molecule has 0 unspecified atom stereocenters. The van der Waals surface area contributed by atoms with Crippen LogP contribution in [0.2, 0.25) is 0 Å². The lowest BCUT2D eigenvalue weighted by molar-refractivity contribution is -0.129. The lowest BCUT2D eigenvalue weighted by atomic mass is 10.2. The average Bonchev–Trinajstić information content (AvgIpc) is 2.67. The second-order valence-electron chi connectivity index (χ2n) is 6.57. The number of anilines is 1. The molecule has 0 radical (unpaired) electrons. The summed E-state index contributed by atoms with van der Waals surface area (Å²) in [5.74, 6) is 0.137. The minimum Gasteiger partial charge on any atom is -0.495 e. The van der Waals surface area contributed by atoms with E-state index in [1.807, 2.05) is 33.8 Å². The molecule has 0 N–H and O–H groups in total. The zero-order valence-electron chi connectivity index (χ0n) is 17.1. The van der Waals surface area contributed by atoms with Crippen molar-refractivity contribution in [3.8, 4) is 5.75 Å². The fraction of sp³-hybridized carbons (Fsp3) is 0.381. The maximum absolute atomic E-state index is 13.5. The Morgan fingerprint density at radius 3 is 2.07 bits per heavy atom. The molecule has 0 bridgehead atoms. The van der Waals surface area contributed by atoms with Crippen LogP contribution < -0.4 is 9.04 Å². The zero-order chi connectivity index (χ0) is 20.9. The van der Waals surface area contributed by atoms with Crippen molar-refractivity contribution in [2.75, 3.05) is 31.0 Å². The molecule has 0 aliphatic rings. The van der Waals surface area contributed by atoms with Crippen molar-refractivity contribution in [2.45, 2.75) is 32.6 Å². The number of amides is 1. The number of ether oxygens (including phenoxy) is 1. The Bertz CT molecular complexity index is 920. The summed E-state index contributed by atoms with van der Waals surface area (Å²) in [6.45, 7) is 8.23. The van der Waals surface area contributed by atoms with Gasteiger partial charge in [-0.15, -0.1) is 0 Å². The molecule has 0 aliphatic carbocycles. The average molecular weight is 405 g/mol. The Balaban J connectivity index is 2.61. The van der Waals surface area contributed by atoms with Gasteiger partial charge in [-0.25, -0.2) is 8.42 Å². The van der Waals surface area contributed by atoms with Crippen molar-refractivity contribution in [2.24, 2.45) is 0 Å². The molecule has 7 heteroatoms. The van der Waals surface area contributed by atoms with Crippen LogP contribution in [0.5, 0.6) is 5.75 Å². The van der Waals surface area contributed by atoms with Gasteiger partial charge in [-0.05, 0) is 57.5 Å². The van der Waals surface area contributed by atoms with Crippen molar-refractivity contribution in [1.29, 1.82) is 0 Å². The molecule has 0 atom stereocenters. The molecule has 2 aromatic carbocycles. The molecule has 2 aromatic rings. The Kier molecular flexibility index (Phi) is 7.07. The van der Waals surface area contributed by atoms with E-state index >= 15 is 0 Å². The maximum atomic E-state index is 13.5. The predicted octanol–water partition coefficient (Wildman–Crippen LogP) is 3.38. The third-order valence-corrected chi connectivity index (χ3v) is 6.38. The third-order valence-electron chi connectivity index (χ3n) is 4.61. The van der Waals surface area contributed by atoms with Gasteiger partial charge in [0.2, 0.25) is 5.91 Å². The first-order valence-corrected chi connectivity index (χ1v) is 10.7. The molecule has 2 rings (SSSR count). The quantitative estimate of drug-likeness (QED) is 0.677. The molecule has 0 saturated carbocycles. The highest BCUT2D eigenvalue weighted by Gasteiger charge is 2.30. The molecule has 28 heavy (non-hydrogen) atoms. The summed E-state index contributed by atoms with van der Waals surface area (Å²) in [7, 11) is -2.48. The lowest BCUT2D eigenvalue weighted by Gasteiger charge is -2.28. The maximum Gasteiger partial charge on any atom is 0.264 e. The van der Waals surface area contributed by atoms with Crippen LogP contribution in [0.1, 0.15) is 25.0 Å². The Morgan fingerprint density at radius 1 is 0.964 bits per heavy atom. The van der Waals surface area contributed by atoms with Crippen LogP contribution in [0.3, 0.4) is 0 Å². The third kappa shape index (κ3) is 4.65. The number of benzene rings is 2. The second kappa shape index (κ2) is 9.10. The topological polar surface area (TPSA) is 66.9 Å². The number of hydrogen-bond donors (Lipinski definition) is 0. The van der Waals surface area contributed by atoms with Crippen molar-refractivity contribution in [3.05, 3.63) is 53.6 Å². The van der Waals surface area contributed by atoms with Crippen LogP contribution in [-0.4, -0.2) is 46.0 Å². The molecule has 0 fully saturated rings. The van der Waals surface area contributed by atoms with Gasteiger partial charge in [0, 0.05) is 13.1 Å². The van der Waals surface area contributed by atoms with Gasteiger partial charge in [0.05, 0.1) is 17.7 Å². The van der Waals surface area contributed by atoms with E-state index in [-0.39, 0.29) is 17.3 Å². The van der Waals surface area contributed by atoms with E-state index in [9.17, 15) is 13.2 Å². The van der Waals surface area contributed by atoms with Gasteiger partial charge in [0.25, 0.3) is 10.0 Å². The zero-order valence-corrected chi connectivity index (χ0v) is 17.9.